The summed E-state index contributed by atoms with van der Waals surface area (Å²) in [4.78, 5) is 25.8. The molecular weight excluding hydrogens is 216 g/mol. The maximum Gasteiger partial charge on any atom is 0.237 e. The highest BCUT2D eigenvalue weighted by Crippen LogP contribution is 2.09. The van der Waals surface area contributed by atoms with Gasteiger partial charge in [-0.05, 0) is 12.8 Å². The summed E-state index contributed by atoms with van der Waals surface area (Å²) in [5.41, 5.74) is 0. The molecule has 0 unspecified atom stereocenters. The Morgan fingerprint density at radius 1 is 1.60 bits per heavy atom. The lowest BCUT2D eigenvalue weighted by Gasteiger charge is -2.19. The lowest BCUT2D eigenvalue weighted by Crippen LogP contribution is -2.32. The van der Waals surface area contributed by atoms with E-state index in [-0.39, 0.29) is 17.7 Å². The summed E-state index contributed by atoms with van der Waals surface area (Å²) >= 11 is 5.42. The number of carbonyl (C=O) groups excluding carboxylic acids is 2. The standard InChI is InChI=1S/C10H17ClN2O2/c1-12(10(15)8-11)5-3-7-13-6-2-4-9(13)14/h2-8H2,1H3. The number of hydrogen-bond donors (Lipinski definition) is 0. The van der Waals surface area contributed by atoms with E-state index in [1.54, 1.807) is 11.9 Å². The van der Waals surface area contributed by atoms with Crippen LogP contribution in [-0.4, -0.2) is 54.2 Å². The van der Waals surface area contributed by atoms with Crippen molar-refractivity contribution in [1.29, 1.82) is 0 Å². The van der Waals surface area contributed by atoms with Crippen LogP contribution in [0.5, 0.6) is 0 Å². The first-order valence-corrected chi connectivity index (χ1v) is 5.76. The van der Waals surface area contributed by atoms with Gasteiger partial charge < -0.3 is 9.80 Å². The van der Waals surface area contributed by atoms with Crippen LogP contribution in [0.25, 0.3) is 0 Å². The molecule has 0 N–H and O–H groups in total. The van der Waals surface area contributed by atoms with E-state index in [0.717, 1.165) is 25.9 Å². The first-order valence-electron chi connectivity index (χ1n) is 5.23. The van der Waals surface area contributed by atoms with Gasteiger partial charge in [0.05, 0.1) is 0 Å². The second-order valence-electron chi connectivity index (χ2n) is 3.79. The van der Waals surface area contributed by atoms with Crippen LogP contribution in [0.15, 0.2) is 0 Å². The lowest BCUT2D eigenvalue weighted by atomic mass is 10.3. The van der Waals surface area contributed by atoms with Gasteiger partial charge in [-0.15, -0.1) is 11.6 Å². The van der Waals surface area contributed by atoms with Gasteiger partial charge in [-0.2, -0.15) is 0 Å². The molecule has 0 aliphatic carbocycles. The fraction of sp³-hybridized carbons (Fsp3) is 0.800. The molecule has 0 radical (unpaired) electrons. The van der Waals surface area contributed by atoms with Crippen LogP contribution in [0.4, 0.5) is 0 Å². The minimum atomic E-state index is -0.0654. The van der Waals surface area contributed by atoms with Gasteiger partial charge in [0, 0.05) is 33.1 Å². The molecule has 0 bridgehead atoms. The van der Waals surface area contributed by atoms with Crippen LogP contribution >= 0.6 is 11.6 Å². The normalized spacial score (nSPS) is 15.9. The van der Waals surface area contributed by atoms with Crippen molar-refractivity contribution in [1.82, 2.24) is 9.80 Å². The highest BCUT2D eigenvalue weighted by molar-refractivity contribution is 6.27. The molecule has 1 rings (SSSR count). The SMILES string of the molecule is CN(CCCN1CCCC1=O)C(=O)CCl. The molecule has 5 heteroatoms. The van der Waals surface area contributed by atoms with Crippen LogP contribution in [-0.2, 0) is 9.59 Å². The van der Waals surface area contributed by atoms with E-state index in [9.17, 15) is 9.59 Å². The summed E-state index contributed by atoms with van der Waals surface area (Å²) < 4.78 is 0. The smallest absolute Gasteiger partial charge is 0.237 e. The molecule has 1 fully saturated rings. The van der Waals surface area contributed by atoms with Crippen LogP contribution in [0.3, 0.4) is 0 Å². The van der Waals surface area contributed by atoms with E-state index in [0.29, 0.717) is 13.0 Å². The van der Waals surface area contributed by atoms with E-state index in [4.69, 9.17) is 11.6 Å². The number of likely N-dealkylation sites (tertiary alicyclic amines) is 1. The molecule has 15 heavy (non-hydrogen) atoms. The zero-order chi connectivity index (χ0) is 11.3. The second-order valence-corrected chi connectivity index (χ2v) is 4.05. The molecule has 2 amide bonds. The molecular formula is C10H17ClN2O2. The van der Waals surface area contributed by atoms with Crippen molar-refractivity contribution in [3.05, 3.63) is 0 Å². The Morgan fingerprint density at radius 2 is 2.33 bits per heavy atom. The van der Waals surface area contributed by atoms with Gasteiger partial charge in [-0.1, -0.05) is 0 Å². The van der Waals surface area contributed by atoms with Crippen LogP contribution in [0.1, 0.15) is 19.3 Å². The molecule has 0 aromatic rings. The number of carbonyl (C=O) groups is 2. The van der Waals surface area contributed by atoms with Gasteiger partial charge >= 0.3 is 0 Å². The Morgan fingerprint density at radius 3 is 2.87 bits per heavy atom. The lowest BCUT2D eigenvalue weighted by molar-refractivity contribution is -0.128. The van der Waals surface area contributed by atoms with Crippen LogP contribution in [0, 0.1) is 0 Å². The fourth-order valence-corrected chi connectivity index (χ4v) is 1.87. The molecule has 1 aliphatic heterocycles. The predicted octanol–water partition coefficient (Wildman–Crippen LogP) is 0.696. The maximum atomic E-state index is 11.3. The second kappa shape index (κ2) is 5.95. The first-order chi connectivity index (χ1) is 7.15. The Kier molecular flexibility index (Phi) is 4.88. The summed E-state index contributed by atoms with van der Waals surface area (Å²) in [6, 6.07) is 0. The van der Waals surface area contributed by atoms with Gasteiger partial charge in [-0.3, -0.25) is 9.59 Å². The van der Waals surface area contributed by atoms with E-state index in [2.05, 4.69) is 0 Å². The van der Waals surface area contributed by atoms with Gasteiger partial charge in [0.25, 0.3) is 0 Å². The summed E-state index contributed by atoms with van der Waals surface area (Å²) in [6.45, 7) is 2.28. The third kappa shape index (κ3) is 3.70. The first kappa shape index (κ1) is 12.3. The van der Waals surface area contributed by atoms with Crippen LogP contribution in [0.2, 0.25) is 0 Å². The Labute approximate surface area is 95.2 Å². The van der Waals surface area contributed by atoms with E-state index in [1.807, 2.05) is 4.90 Å². The fourth-order valence-electron chi connectivity index (χ4n) is 1.67. The largest absolute Gasteiger partial charge is 0.345 e. The third-order valence-electron chi connectivity index (χ3n) is 2.63. The summed E-state index contributed by atoms with van der Waals surface area (Å²) in [5, 5.41) is 0. The summed E-state index contributed by atoms with van der Waals surface area (Å²) in [7, 11) is 1.73. The molecule has 0 saturated carbocycles. The van der Waals surface area contributed by atoms with Crippen molar-refractivity contribution in [2.24, 2.45) is 0 Å². The summed E-state index contributed by atoms with van der Waals surface area (Å²) in [5.74, 6) is 0.199. The maximum absolute atomic E-state index is 11.3. The van der Waals surface area contributed by atoms with Crippen molar-refractivity contribution >= 4 is 23.4 Å². The third-order valence-corrected chi connectivity index (χ3v) is 2.86. The molecule has 0 spiro atoms. The Bertz CT molecular complexity index is 246. The molecule has 1 saturated heterocycles. The molecule has 0 aromatic heterocycles. The van der Waals surface area contributed by atoms with Gasteiger partial charge in [0.15, 0.2) is 0 Å². The van der Waals surface area contributed by atoms with Crippen LogP contribution < -0.4 is 0 Å². The van der Waals surface area contributed by atoms with E-state index < -0.39 is 0 Å². The minimum Gasteiger partial charge on any atom is -0.345 e. The van der Waals surface area contributed by atoms with Crippen molar-refractivity contribution < 1.29 is 9.59 Å². The summed E-state index contributed by atoms with van der Waals surface area (Å²) in [6.07, 6.45) is 2.47. The number of amides is 2. The zero-order valence-electron chi connectivity index (χ0n) is 9.04. The average molecular weight is 233 g/mol. The van der Waals surface area contributed by atoms with E-state index >= 15 is 0 Å². The Hall–Kier alpha value is -0.770. The number of alkyl halides is 1. The van der Waals surface area contributed by atoms with Gasteiger partial charge in [0.2, 0.25) is 11.8 Å². The number of hydrogen-bond acceptors (Lipinski definition) is 2. The topological polar surface area (TPSA) is 40.6 Å². The van der Waals surface area contributed by atoms with Crippen molar-refractivity contribution in [2.75, 3.05) is 32.6 Å². The van der Waals surface area contributed by atoms with Gasteiger partial charge in [-0.25, -0.2) is 0 Å². The van der Waals surface area contributed by atoms with Crippen molar-refractivity contribution in [3.8, 4) is 0 Å². The predicted molar refractivity (Wildman–Crippen MR) is 58.8 cm³/mol. The number of rotatable bonds is 5. The molecule has 1 aliphatic rings. The molecule has 1 heterocycles. The highest BCUT2D eigenvalue weighted by atomic mass is 35.5. The average Bonchev–Trinajstić information content (AvgIpc) is 2.63. The molecule has 4 nitrogen and oxygen atoms in total. The number of nitrogens with zero attached hydrogens (tertiary/aromatic N) is 2. The highest BCUT2D eigenvalue weighted by Gasteiger charge is 2.19. The van der Waals surface area contributed by atoms with Crippen molar-refractivity contribution in [3.63, 3.8) is 0 Å². The quantitative estimate of drug-likeness (QED) is 0.655. The van der Waals surface area contributed by atoms with Crippen molar-refractivity contribution in [2.45, 2.75) is 19.3 Å². The molecule has 0 atom stereocenters. The Balaban J connectivity index is 2.15. The molecule has 86 valence electrons. The van der Waals surface area contributed by atoms with E-state index in [1.165, 1.54) is 0 Å². The van der Waals surface area contributed by atoms with Gasteiger partial charge in [0.1, 0.15) is 5.88 Å². The molecule has 0 aromatic carbocycles. The number of halogens is 1. The monoisotopic (exact) mass is 232 g/mol. The minimum absolute atomic E-state index is 0.0269. The zero-order valence-corrected chi connectivity index (χ0v) is 9.79.